The van der Waals surface area contributed by atoms with Gasteiger partial charge < -0.3 is 5.32 Å². The third-order valence-corrected chi connectivity index (χ3v) is 3.55. The van der Waals surface area contributed by atoms with E-state index >= 15 is 0 Å². The predicted molar refractivity (Wildman–Crippen MR) is 77.9 cm³/mol. The SMILES string of the molecule is Cc1ccc(Br)c(NC(=O)c2cc(C)c(F)cc2F)c1. The van der Waals surface area contributed by atoms with Gasteiger partial charge in [0, 0.05) is 10.5 Å². The van der Waals surface area contributed by atoms with E-state index in [0.717, 1.165) is 11.6 Å². The Morgan fingerprint density at radius 3 is 2.50 bits per heavy atom. The maximum absolute atomic E-state index is 13.7. The fourth-order valence-electron chi connectivity index (χ4n) is 1.76. The Bertz CT molecular complexity index is 686. The normalized spacial score (nSPS) is 10.4. The van der Waals surface area contributed by atoms with Gasteiger partial charge in [-0.15, -0.1) is 0 Å². The van der Waals surface area contributed by atoms with Gasteiger partial charge in [-0.2, -0.15) is 0 Å². The number of aryl methyl sites for hydroxylation is 2. The molecule has 0 radical (unpaired) electrons. The number of halogens is 3. The number of rotatable bonds is 2. The lowest BCUT2D eigenvalue weighted by atomic mass is 10.1. The van der Waals surface area contributed by atoms with Crippen LogP contribution in [0.3, 0.4) is 0 Å². The molecule has 0 aliphatic carbocycles. The van der Waals surface area contributed by atoms with Crippen molar-refractivity contribution in [3.63, 3.8) is 0 Å². The highest BCUT2D eigenvalue weighted by molar-refractivity contribution is 9.10. The average molecular weight is 340 g/mol. The Morgan fingerprint density at radius 1 is 1.10 bits per heavy atom. The topological polar surface area (TPSA) is 29.1 Å². The monoisotopic (exact) mass is 339 g/mol. The second-order valence-corrected chi connectivity index (χ2v) is 5.37. The quantitative estimate of drug-likeness (QED) is 0.851. The fourth-order valence-corrected chi connectivity index (χ4v) is 2.10. The molecule has 0 fully saturated rings. The second kappa shape index (κ2) is 5.71. The molecule has 2 aromatic rings. The van der Waals surface area contributed by atoms with Crippen molar-refractivity contribution in [2.75, 3.05) is 5.32 Å². The molecule has 0 saturated heterocycles. The van der Waals surface area contributed by atoms with Crippen LogP contribution in [0.5, 0.6) is 0 Å². The molecule has 0 aliphatic rings. The third-order valence-electron chi connectivity index (χ3n) is 2.86. The molecule has 2 rings (SSSR count). The number of benzene rings is 2. The van der Waals surface area contributed by atoms with Gasteiger partial charge in [0.2, 0.25) is 0 Å². The Labute approximate surface area is 123 Å². The smallest absolute Gasteiger partial charge is 0.258 e. The molecule has 0 aromatic heterocycles. The van der Waals surface area contributed by atoms with Gasteiger partial charge in [-0.05, 0) is 59.1 Å². The van der Waals surface area contributed by atoms with Gasteiger partial charge in [0.15, 0.2) is 0 Å². The van der Waals surface area contributed by atoms with Gasteiger partial charge in [-0.25, -0.2) is 8.78 Å². The summed E-state index contributed by atoms with van der Waals surface area (Å²) in [7, 11) is 0. The van der Waals surface area contributed by atoms with Crippen molar-refractivity contribution in [2.24, 2.45) is 0 Å². The highest BCUT2D eigenvalue weighted by atomic mass is 79.9. The van der Waals surface area contributed by atoms with E-state index in [1.807, 2.05) is 13.0 Å². The molecule has 104 valence electrons. The molecule has 0 unspecified atom stereocenters. The summed E-state index contributed by atoms with van der Waals surface area (Å²) in [5.41, 5.74) is 1.54. The van der Waals surface area contributed by atoms with Gasteiger partial charge in [-0.3, -0.25) is 4.79 Å². The Hall–Kier alpha value is -1.75. The van der Waals surface area contributed by atoms with Crippen molar-refractivity contribution in [1.29, 1.82) is 0 Å². The van der Waals surface area contributed by atoms with Crippen molar-refractivity contribution in [1.82, 2.24) is 0 Å². The minimum atomic E-state index is -0.880. The molecule has 1 amide bonds. The van der Waals surface area contributed by atoms with E-state index in [-0.39, 0.29) is 11.1 Å². The lowest BCUT2D eigenvalue weighted by Crippen LogP contribution is -2.15. The number of carbonyl (C=O) groups excluding carboxylic acids is 1. The molecule has 0 aliphatic heterocycles. The molecule has 5 heteroatoms. The summed E-state index contributed by atoms with van der Waals surface area (Å²) in [5.74, 6) is -2.16. The molecular formula is C15H12BrF2NO. The predicted octanol–water partition coefficient (Wildman–Crippen LogP) is 4.60. The largest absolute Gasteiger partial charge is 0.321 e. The van der Waals surface area contributed by atoms with Crippen LogP contribution in [0.1, 0.15) is 21.5 Å². The van der Waals surface area contributed by atoms with E-state index in [0.29, 0.717) is 10.2 Å². The second-order valence-electron chi connectivity index (χ2n) is 4.52. The van der Waals surface area contributed by atoms with E-state index < -0.39 is 17.5 Å². The van der Waals surface area contributed by atoms with Crippen molar-refractivity contribution < 1.29 is 13.6 Å². The molecule has 0 saturated carbocycles. The number of amides is 1. The zero-order valence-corrected chi connectivity index (χ0v) is 12.5. The van der Waals surface area contributed by atoms with Gasteiger partial charge in [0.05, 0.1) is 11.3 Å². The van der Waals surface area contributed by atoms with Gasteiger partial charge in [-0.1, -0.05) is 6.07 Å². The van der Waals surface area contributed by atoms with E-state index in [9.17, 15) is 13.6 Å². The van der Waals surface area contributed by atoms with Crippen molar-refractivity contribution >= 4 is 27.5 Å². The summed E-state index contributed by atoms with van der Waals surface area (Å²) < 4.78 is 27.5. The van der Waals surface area contributed by atoms with Crippen molar-refractivity contribution in [3.8, 4) is 0 Å². The number of anilines is 1. The van der Waals surface area contributed by atoms with Gasteiger partial charge in [0.1, 0.15) is 11.6 Å². The van der Waals surface area contributed by atoms with E-state index in [1.165, 1.54) is 13.0 Å². The zero-order chi connectivity index (χ0) is 14.9. The summed E-state index contributed by atoms with van der Waals surface area (Å²) in [4.78, 5) is 12.1. The maximum atomic E-state index is 13.7. The number of hydrogen-bond donors (Lipinski definition) is 1. The van der Waals surface area contributed by atoms with E-state index in [2.05, 4.69) is 21.2 Å². The lowest BCUT2D eigenvalue weighted by Gasteiger charge is -2.10. The first-order valence-electron chi connectivity index (χ1n) is 5.91. The van der Waals surface area contributed by atoms with Crippen LogP contribution in [-0.2, 0) is 0 Å². The molecule has 0 spiro atoms. The minimum Gasteiger partial charge on any atom is -0.321 e. The van der Waals surface area contributed by atoms with E-state index in [1.54, 1.807) is 12.1 Å². The van der Waals surface area contributed by atoms with Crippen LogP contribution in [0.2, 0.25) is 0 Å². The Balaban J connectivity index is 2.33. The standard InChI is InChI=1S/C15H12BrF2NO/c1-8-3-4-11(16)14(5-8)19-15(20)10-6-9(2)12(17)7-13(10)18/h3-7H,1-2H3,(H,19,20). The van der Waals surface area contributed by atoms with Crippen LogP contribution in [-0.4, -0.2) is 5.91 Å². The number of hydrogen-bond acceptors (Lipinski definition) is 1. The number of nitrogens with one attached hydrogen (secondary N) is 1. The van der Waals surface area contributed by atoms with Crippen LogP contribution < -0.4 is 5.32 Å². The van der Waals surface area contributed by atoms with Gasteiger partial charge in [0.25, 0.3) is 5.91 Å². The molecule has 1 N–H and O–H groups in total. The Kier molecular flexibility index (Phi) is 4.18. The van der Waals surface area contributed by atoms with Crippen LogP contribution in [0.15, 0.2) is 34.8 Å². The zero-order valence-electron chi connectivity index (χ0n) is 10.9. The highest BCUT2D eigenvalue weighted by Crippen LogP contribution is 2.24. The first-order valence-corrected chi connectivity index (χ1v) is 6.71. The lowest BCUT2D eigenvalue weighted by molar-refractivity contribution is 0.102. The molecule has 2 nitrogen and oxygen atoms in total. The summed E-state index contributed by atoms with van der Waals surface area (Å²) in [6, 6.07) is 7.34. The first-order chi connectivity index (χ1) is 9.38. The van der Waals surface area contributed by atoms with Crippen molar-refractivity contribution in [2.45, 2.75) is 13.8 Å². The van der Waals surface area contributed by atoms with E-state index in [4.69, 9.17) is 0 Å². The maximum Gasteiger partial charge on any atom is 0.258 e. The number of carbonyl (C=O) groups is 1. The first kappa shape index (κ1) is 14.7. The molecule has 0 heterocycles. The van der Waals surface area contributed by atoms with Gasteiger partial charge >= 0.3 is 0 Å². The molecule has 20 heavy (non-hydrogen) atoms. The average Bonchev–Trinajstić information content (AvgIpc) is 2.38. The highest BCUT2D eigenvalue weighted by Gasteiger charge is 2.15. The fraction of sp³-hybridized carbons (Fsp3) is 0.133. The van der Waals surface area contributed by atoms with Crippen LogP contribution in [0, 0.1) is 25.5 Å². The van der Waals surface area contributed by atoms with Crippen LogP contribution in [0.4, 0.5) is 14.5 Å². The summed E-state index contributed by atoms with van der Waals surface area (Å²) in [6.07, 6.45) is 0. The minimum absolute atomic E-state index is 0.183. The van der Waals surface area contributed by atoms with Crippen LogP contribution in [0.25, 0.3) is 0 Å². The molecule has 2 aromatic carbocycles. The third kappa shape index (κ3) is 3.04. The van der Waals surface area contributed by atoms with Crippen molar-refractivity contribution in [3.05, 3.63) is 63.1 Å². The van der Waals surface area contributed by atoms with Crippen LogP contribution >= 0.6 is 15.9 Å². The molecule has 0 bridgehead atoms. The Morgan fingerprint density at radius 2 is 1.80 bits per heavy atom. The summed E-state index contributed by atoms with van der Waals surface area (Å²) >= 11 is 3.31. The summed E-state index contributed by atoms with van der Waals surface area (Å²) in [6.45, 7) is 3.36. The molecule has 0 atom stereocenters. The molecular weight excluding hydrogens is 328 g/mol. The summed E-state index contributed by atoms with van der Waals surface area (Å²) in [5, 5.41) is 2.61.